The van der Waals surface area contributed by atoms with E-state index >= 15 is 0 Å². The lowest BCUT2D eigenvalue weighted by Crippen LogP contribution is -2.34. The van der Waals surface area contributed by atoms with E-state index in [1.54, 1.807) is 0 Å². The fourth-order valence-corrected chi connectivity index (χ4v) is 2.88. The molecule has 23 heavy (non-hydrogen) atoms. The van der Waals surface area contributed by atoms with Crippen molar-refractivity contribution >= 4 is 6.09 Å². The highest BCUT2D eigenvalue weighted by molar-refractivity contribution is 5.65. The summed E-state index contributed by atoms with van der Waals surface area (Å²) in [4.78, 5) is 12.4. The molecule has 0 aromatic heterocycles. The highest BCUT2D eigenvalue weighted by Crippen LogP contribution is 2.31. The Labute approximate surface area is 135 Å². The van der Waals surface area contributed by atoms with Crippen LogP contribution in [0.3, 0.4) is 0 Å². The molecular formula is C18H21NO4. The molecule has 5 heteroatoms. The van der Waals surface area contributed by atoms with Gasteiger partial charge in [-0.1, -0.05) is 30.4 Å². The molecule has 1 fully saturated rings. The Morgan fingerprint density at radius 3 is 2.74 bits per heavy atom. The summed E-state index contributed by atoms with van der Waals surface area (Å²) in [5.41, 5.74) is 2.16. The number of benzene rings is 1. The average molecular weight is 315 g/mol. The van der Waals surface area contributed by atoms with Crippen LogP contribution in [0.1, 0.15) is 31.4 Å². The molecule has 1 amide bonds. The molecule has 1 N–H and O–H groups in total. The van der Waals surface area contributed by atoms with Crippen molar-refractivity contribution in [3.05, 3.63) is 53.6 Å². The third kappa shape index (κ3) is 3.56. The van der Waals surface area contributed by atoms with Crippen LogP contribution in [0.15, 0.2) is 48.1 Å². The monoisotopic (exact) mass is 315 g/mol. The summed E-state index contributed by atoms with van der Waals surface area (Å²) in [6, 6.07) is 7.49. The Bertz CT molecular complexity index is 620. The fraction of sp³-hybridized carbons (Fsp3) is 0.389. The molecule has 2 unspecified atom stereocenters. The summed E-state index contributed by atoms with van der Waals surface area (Å²) in [5.74, 6) is 0.800. The quantitative estimate of drug-likeness (QED) is 0.919. The largest absolute Gasteiger partial charge is 0.489 e. The predicted molar refractivity (Wildman–Crippen MR) is 86.4 cm³/mol. The first kappa shape index (κ1) is 15.6. The smallest absolute Gasteiger partial charge is 0.409 e. The number of hydrogen-bond acceptors (Lipinski definition) is 3. The lowest BCUT2D eigenvalue weighted by molar-refractivity contribution is 0.0850. The third-order valence-corrected chi connectivity index (χ3v) is 4.25. The number of hydrogen-bond donors (Lipinski definition) is 1. The van der Waals surface area contributed by atoms with Gasteiger partial charge >= 0.3 is 6.09 Å². The van der Waals surface area contributed by atoms with Gasteiger partial charge < -0.3 is 14.6 Å². The Kier molecular flexibility index (Phi) is 4.67. The first-order valence-corrected chi connectivity index (χ1v) is 7.84. The molecule has 1 aliphatic carbocycles. The van der Waals surface area contributed by atoms with Gasteiger partial charge in [0, 0.05) is 0 Å². The van der Waals surface area contributed by atoms with E-state index in [2.05, 4.69) is 18.2 Å². The van der Waals surface area contributed by atoms with Crippen molar-refractivity contribution < 1.29 is 19.4 Å². The van der Waals surface area contributed by atoms with Crippen LogP contribution in [0.5, 0.6) is 5.75 Å². The van der Waals surface area contributed by atoms with Gasteiger partial charge in [-0.25, -0.2) is 4.79 Å². The minimum absolute atomic E-state index is 0.111. The topological polar surface area (TPSA) is 59.0 Å². The van der Waals surface area contributed by atoms with Gasteiger partial charge in [-0.15, -0.1) is 0 Å². The molecule has 0 saturated carbocycles. The molecule has 0 bridgehead atoms. The minimum Gasteiger partial charge on any atom is -0.489 e. The van der Waals surface area contributed by atoms with Crippen LogP contribution in [0.4, 0.5) is 4.79 Å². The van der Waals surface area contributed by atoms with Gasteiger partial charge in [0.05, 0.1) is 6.04 Å². The summed E-state index contributed by atoms with van der Waals surface area (Å²) >= 11 is 0. The molecule has 1 saturated heterocycles. The minimum atomic E-state index is -0.950. The van der Waals surface area contributed by atoms with E-state index in [0.717, 1.165) is 24.2 Å². The van der Waals surface area contributed by atoms with Gasteiger partial charge in [-0.05, 0) is 43.0 Å². The average Bonchev–Trinajstić information content (AvgIpc) is 2.96. The highest BCUT2D eigenvalue weighted by Gasteiger charge is 2.35. The van der Waals surface area contributed by atoms with Crippen LogP contribution < -0.4 is 4.74 Å². The molecule has 3 rings (SSSR count). The number of nitrogens with zero attached hydrogens (tertiary/aromatic N) is 1. The molecular weight excluding hydrogens is 294 g/mol. The molecule has 1 heterocycles. The Morgan fingerprint density at radius 2 is 2.13 bits per heavy atom. The van der Waals surface area contributed by atoms with Crippen molar-refractivity contribution in [3.63, 3.8) is 0 Å². The van der Waals surface area contributed by atoms with Crippen molar-refractivity contribution in [1.29, 1.82) is 0 Å². The van der Waals surface area contributed by atoms with E-state index in [9.17, 15) is 4.79 Å². The van der Waals surface area contributed by atoms with Gasteiger partial charge in [0.1, 0.15) is 25.2 Å². The summed E-state index contributed by atoms with van der Waals surface area (Å²) in [6.07, 6.45) is 7.46. The normalized spacial score (nSPS) is 23.7. The second-order valence-electron chi connectivity index (χ2n) is 5.83. The number of rotatable bonds is 4. The maximum absolute atomic E-state index is 11.1. The molecule has 5 nitrogen and oxygen atoms in total. The molecule has 2 atom stereocenters. The van der Waals surface area contributed by atoms with Crippen molar-refractivity contribution in [2.45, 2.75) is 31.9 Å². The standard InChI is InChI=1S/C18H21NO4/c1-13-17(23-12-19(13)18(20)21)15-7-9-16(10-8-15)22-11-14-5-3-2-4-6-14/h3,5-10,13,17H,2,4,11-12H2,1H3,(H,20,21). The number of amides is 1. The number of carbonyl (C=O) groups is 1. The molecule has 0 spiro atoms. The molecule has 1 aromatic carbocycles. The van der Waals surface area contributed by atoms with Gasteiger partial charge in [-0.3, -0.25) is 4.90 Å². The van der Waals surface area contributed by atoms with E-state index in [1.165, 1.54) is 10.5 Å². The SMILES string of the molecule is CC1C(c2ccc(OCC3=CCCC=C3)cc2)OCN1C(=O)O. The van der Waals surface area contributed by atoms with E-state index in [1.807, 2.05) is 31.2 Å². The van der Waals surface area contributed by atoms with Crippen LogP contribution in [-0.2, 0) is 4.74 Å². The zero-order valence-electron chi connectivity index (χ0n) is 13.1. The first-order chi connectivity index (χ1) is 11.1. The summed E-state index contributed by atoms with van der Waals surface area (Å²) in [6.45, 7) is 2.54. The molecule has 0 radical (unpaired) electrons. The van der Waals surface area contributed by atoms with Crippen molar-refractivity contribution in [1.82, 2.24) is 4.90 Å². The van der Waals surface area contributed by atoms with Crippen LogP contribution >= 0.6 is 0 Å². The molecule has 1 aliphatic heterocycles. The highest BCUT2D eigenvalue weighted by atomic mass is 16.5. The van der Waals surface area contributed by atoms with Crippen molar-refractivity contribution in [2.75, 3.05) is 13.3 Å². The Balaban J connectivity index is 1.60. The summed E-state index contributed by atoms with van der Waals surface area (Å²) in [7, 11) is 0. The van der Waals surface area contributed by atoms with Gasteiger partial charge in [0.2, 0.25) is 0 Å². The van der Waals surface area contributed by atoms with Crippen LogP contribution in [0, 0.1) is 0 Å². The fourth-order valence-electron chi connectivity index (χ4n) is 2.88. The second-order valence-corrected chi connectivity index (χ2v) is 5.83. The van der Waals surface area contributed by atoms with Crippen LogP contribution in [0.25, 0.3) is 0 Å². The van der Waals surface area contributed by atoms with Gasteiger partial charge in [0.15, 0.2) is 0 Å². The summed E-state index contributed by atoms with van der Waals surface area (Å²) < 4.78 is 11.4. The molecule has 2 aliphatic rings. The number of allylic oxidation sites excluding steroid dienone is 2. The number of carboxylic acid groups (broad SMARTS) is 1. The van der Waals surface area contributed by atoms with Crippen molar-refractivity contribution in [3.8, 4) is 5.75 Å². The maximum Gasteiger partial charge on any atom is 0.409 e. The van der Waals surface area contributed by atoms with Crippen LogP contribution in [0.2, 0.25) is 0 Å². The lowest BCUT2D eigenvalue weighted by atomic mass is 10.0. The second kappa shape index (κ2) is 6.87. The zero-order valence-corrected chi connectivity index (χ0v) is 13.1. The van der Waals surface area contributed by atoms with E-state index < -0.39 is 6.09 Å². The molecule has 122 valence electrons. The van der Waals surface area contributed by atoms with Crippen molar-refractivity contribution in [2.24, 2.45) is 0 Å². The summed E-state index contributed by atoms with van der Waals surface area (Å²) in [5, 5.41) is 9.10. The van der Waals surface area contributed by atoms with E-state index in [0.29, 0.717) is 6.61 Å². The third-order valence-electron chi connectivity index (χ3n) is 4.25. The maximum atomic E-state index is 11.1. The van der Waals surface area contributed by atoms with E-state index in [-0.39, 0.29) is 18.9 Å². The van der Waals surface area contributed by atoms with Gasteiger partial charge in [0.25, 0.3) is 0 Å². The Hall–Kier alpha value is -2.27. The van der Waals surface area contributed by atoms with Crippen LogP contribution in [-0.4, -0.2) is 35.5 Å². The lowest BCUT2D eigenvalue weighted by Gasteiger charge is -2.19. The van der Waals surface area contributed by atoms with E-state index in [4.69, 9.17) is 14.6 Å². The number of ether oxygens (including phenoxy) is 2. The van der Waals surface area contributed by atoms with Gasteiger partial charge in [-0.2, -0.15) is 0 Å². The first-order valence-electron chi connectivity index (χ1n) is 7.84. The Morgan fingerprint density at radius 1 is 1.35 bits per heavy atom. The molecule has 1 aromatic rings. The zero-order chi connectivity index (χ0) is 16.2. The predicted octanol–water partition coefficient (Wildman–Crippen LogP) is 3.74.